The Hall–Kier alpha value is -0.620. The number of aryl methyl sites for hydroxylation is 1. The maximum atomic E-state index is 7.69. The van der Waals surface area contributed by atoms with Crippen LogP contribution in [0.4, 0.5) is 0 Å². The van der Waals surface area contributed by atoms with Crippen molar-refractivity contribution in [2.24, 2.45) is 0 Å². The third-order valence-corrected chi connectivity index (χ3v) is 3.15. The van der Waals surface area contributed by atoms with Crippen molar-refractivity contribution < 1.29 is 0 Å². The van der Waals surface area contributed by atoms with Crippen molar-refractivity contribution >= 4 is 34.0 Å². The first-order chi connectivity index (χ1) is 6.11. The second-order valence-electron chi connectivity index (χ2n) is 2.35. The largest absolute Gasteiger partial charge is 0.291 e. The van der Waals surface area contributed by atoms with Crippen LogP contribution in [0.25, 0.3) is 0 Å². The van der Waals surface area contributed by atoms with Crippen LogP contribution in [0.5, 0.6) is 0 Å². The molecule has 0 saturated heterocycles. The molecular weight excluding hydrogens is 252 g/mol. The quantitative estimate of drug-likeness (QED) is 0.367. The van der Waals surface area contributed by atoms with E-state index in [2.05, 4.69) is 20.9 Å². The summed E-state index contributed by atoms with van der Waals surface area (Å²) >= 11 is 4.67. The molecule has 2 N–H and O–H groups in total. The lowest BCUT2D eigenvalue weighted by Gasteiger charge is -2.07. The molecule has 4 nitrogen and oxygen atoms in total. The average molecular weight is 261 g/mol. The van der Waals surface area contributed by atoms with E-state index < -0.39 is 0 Å². The van der Waals surface area contributed by atoms with E-state index in [0.717, 1.165) is 12.0 Å². The summed E-state index contributed by atoms with van der Waals surface area (Å²) in [6, 6.07) is 0. The molecule has 1 aromatic heterocycles. The molecule has 0 aromatic carbocycles. The zero-order chi connectivity index (χ0) is 10.0. The first-order valence-corrected chi connectivity index (χ1v) is 5.51. The number of aromatic nitrogens is 2. The van der Waals surface area contributed by atoms with E-state index in [1.54, 1.807) is 0 Å². The van der Waals surface area contributed by atoms with Gasteiger partial charge in [0.1, 0.15) is 5.49 Å². The summed E-state index contributed by atoms with van der Waals surface area (Å²) in [7, 11) is 0. The van der Waals surface area contributed by atoms with Gasteiger partial charge in [-0.1, -0.05) is 11.8 Å². The topological polar surface area (TPSA) is 65.5 Å². The predicted molar refractivity (Wildman–Crippen MR) is 56.5 cm³/mol. The van der Waals surface area contributed by atoms with Gasteiger partial charge in [-0.3, -0.25) is 15.4 Å². The van der Waals surface area contributed by atoms with Gasteiger partial charge in [-0.05, 0) is 29.1 Å². The molecule has 0 fully saturated rings. The monoisotopic (exact) mass is 260 g/mol. The highest BCUT2D eigenvalue weighted by Gasteiger charge is 2.06. The van der Waals surface area contributed by atoms with E-state index in [1.807, 2.05) is 13.2 Å². The Morgan fingerprint density at radius 3 is 2.69 bits per heavy atom. The molecule has 0 radical (unpaired) electrons. The maximum absolute atomic E-state index is 7.69. The summed E-state index contributed by atoms with van der Waals surface area (Å²) in [6.07, 6.45) is 2.96. The van der Waals surface area contributed by atoms with E-state index in [-0.39, 0.29) is 5.49 Å². The van der Waals surface area contributed by atoms with Crippen molar-refractivity contribution in [3.05, 3.63) is 15.7 Å². The van der Waals surface area contributed by atoms with E-state index in [4.69, 9.17) is 10.8 Å². The molecule has 0 spiro atoms. The first-order valence-electron chi connectivity index (χ1n) is 3.49. The highest BCUT2D eigenvalue weighted by molar-refractivity contribution is 9.10. The molecule has 0 saturated carbocycles. The molecule has 6 heteroatoms. The first kappa shape index (κ1) is 10.5. The fourth-order valence-electron chi connectivity index (χ4n) is 0.883. The minimum atomic E-state index is 0.256. The Bertz CT molecular complexity index is 398. The molecule has 13 heavy (non-hydrogen) atoms. The molecule has 1 heterocycles. The second-order valence-corrected chi connectivity index (χ2v) is 3.91. The molecule has 0 bridgehead atoms. The summed E-state index contributed by atoms with van der Waals surface area (Å²) in [5.41, 5.74) is 1.03. The third kappa shape index (κ3) is 1.83. The van der Waals surface area contributed by atoms with Crippen molar-refractivity contribution in [2.75, 3.05) is 6.26 Å². The third-order valence-electron chi connectivity index (χ3n) is 1.55. The number of thioether (sulfide) groups is 1. The minimum absolute atomic E-state index is 0.256. The smallest absolute Gasteiger partial charge is 0.174 e. The van der Waals surface area contributed by atoms with Gasteiger partial charge in [0.05, 0.1) is 16.5 Å². The van der Waals surface area contributed by atoms with Crippen LogP contribution >= 0.6 is 27.7 Å². The fourth-order valence-corrected chi connectivity index (χ4v) is 1.73. The van der Waals surface area contributed by atoms with Gasteiger partial charge in [0.2, 0.25) is 0 Å². The second kappa shape index (κ2) is 4.06. The van der Waals surface area contributed by atoms with Gasteiger partial charge < -0.3 is 0 Å². The Labute approximate surface area is 88.5 Å². The maximum Gasteiger partial charge on any atom is 0.174 e. The predicted octanol–water partition coefficient (Wildman–Crippen LogP) is 1.61. The molecule has 0 aliphatic rings. The van der Waals surface area contributed by atoms with Crippen molar-refractivity contribution in [1.29, 1.82) is 10.8 Å². The summed E-state index contributed by atoms with van der Waals surface area (Å²) in [4.78, 5) is 4.23. The van der Waals surface area contributed by atoms with Crippen molar-refractivity contribution in [1.82, 2.24) is 9.55 Å². The normalized spacial score (nSPS) is 10.1. The summed E-state index contributed by atoms with van der Waals surface area (Å²) < 4.78 is 2.05. The molecule has 1 aromatic rings. The van der Waals surface area contributed by atoms with Gasteiger partial charge in [0, 0.05) is 0 Å². The summed E-state index contributed by atoms with van der Waals surface area (Å²) in [6.45, 7) is 1.83. The zero-order valence-corrected chi connectivity index (χ0v) is 9.66. The molecular formula is C7H9BrN4S. The lowest BCUT2D eigenvalue weighted by molar-refractivity contribution is 0.786. The highest BCUT2D eigenvalue weighted by atomic mass is 79.9. The minimum Gasteiger partial charge on any atom is -0.291 e. The Morgan fingerprint density at radius 1 is 1.62 bits per heavy atom. The van der Waals surface area contributed by atoms with Crippen molar-refractivity contribution in [3.63, 3.8) is 0 Å². The number of halogens is 1. The van der Waals surface area contributed by atoms with Crippen LogP contribution in [-0.2, 0) is 0 Å². The number of rotatable bonds is 2. The number of nitrogens with one attached hydrogen (secondary N) is 2. The van der Waals surface area contributed by atoms with Crippen LogP contribution in [-0.4, -0.2) is 22.1 Å². The van der Waals surface area contributed by atoms with E-state index in [9.17, 15) is 0 Å². The SMILES string of the molecule is CSc1nc(C)c(Br)c(=N)n1C=N. The van der Waals surface area contributed by atoms with Crippen LogP contribution in [0.2, 0.25) is 0 Å². The Balaban J connectivity index is 3.58. The van der Waals surface area contributed by atoms with Gasteiger partial charge in [-0.25, -0.2) is 4.98 Å². The van der Waals surface area contributed by atoms with E-state index in [0.29, 0.717) is 9.63 Å². The van der Waals surface area contributed by atoms with Gasteiger partial charge in [-0.15, -0.1) is 0 Å². The van der Waals surface area contributed by atoms with E-state index >= 15 is 0 Å². The lowest BCUT2D eigenvalue weighted by Crippen LogP contribution is -2.24. The number of hydrogen-bond acceptors (Lipinski definition) is 4. The van der Waals surface area contributed by atoms with Gasteiger partial charge in [-0.2, -0.15) is 0 Å². The zero-order valence-electron chi connectivity index (χ0n) is 7.26. The van der Waals surface area contributed by atoms with Crippen LogP contribution in [0, 0.1) is 17.7 Å². The standard InChI is InChI=1S/C7H9BrN4S/c1-4-5(8)6(10)12(3-9)7(11-4)13-2/h3,9-10H,1-2H3. The van der Waals surface area contributed by atoms with Crippen LogP contribution in [0.1, 0.15) is 5.69 Å². The molecule has 0 aliphatic heterocycles. The van der Waals surface area contributed by atoms with Gasteiger partial charge >= 0.3 is 0 Å². The highest BCUT2D eigenvalue weighted by Crippen LogP contribution is 2.13. The van der Waals surface area contributed by atoms with Crippen molar-refractivity contribution in [3.8, 4) is 0 Å². The van der Waals surface area contributed by atoms with Gasteiger partial charge in [0.25, 0.3) is 0 Å². The van der Waals surface area contributed by atoms with Crippen LogP contribution in [0.3, 0.4) is 0 Å². The molecule has 0 unspecified atom stereocenters. The number of hydrogen-bond donors (Lipinski definition) is 2. The molecule has 0 atom stereocenters. The molecule has 0 aliphatic carbocycles. The summed E-state index contributed by atoms with van der Waals surface area (Å²) in [5, 5.41) is 15.5. The number of nitrogens with zero attached hydrogens (tertiary/aromatic N) is 2. The Kier molecular flexibility index (Phi) is 3.27. The Morgan fingerprint density at radius 2 is 2.23 bits per heavy atom. The fraction of sp³-hybridized carbons (Fsp3) is 0.286. The lowest BCUT2D eigenvalue weighted by atomic mass is 10.4. The molecule has 1 rings (SSSR count). The average Bonchev–Trinajstić information content (AvgIpc) is 2.13. The van der Waals surface area contributed by atoms with E-state index in [1.165, 1.54) is 16.3 Å². The molecule has 70 valence electrons. The van der Waals surface area contributed by atoms with Crippen molar-refractivity contribution in [2.45, 2.75) is 12.1 Å². The van der Waals surface area contributed by atoms with Gasteiger partial charge in [0.15, 0.2) is 5.16 Å². The molecule has 0 amide bonds. The van der Waals surface area contributed by atoms with Crippen LogP contribution in [0.15, 0.2) is 9.63 Å². The van der Waals surface area contributed by atoms with Crippen LogP contribution < -0.4 is 5.49 Å². The summed E-state index contributed by atoms with van der Waals surface area (Å²) in [5.74, 6) is 0.